The van der Waals surface area contributed by atoms with E-state index in [1.54, 1.807) is 17.7 Å². The minimum atomic E-state index is -0.813. The van der Waals surface area contributed by atoms with E-state index < -0.39 is 6.09 Å². The number of allylic oxidation sites excluding steroid dienone is 2. The Labute approximate surface area is 62.4 Å². The maximum absolute atomic E-state index is 10.2. The number of rotatable bonds is 1. The van der Waals surface area contributed by atoms with Crippen molar-refractivity contribution in [1.82, 2.24) is 4.47 Å². The monoisotopic (exact) mass is 158 g/mol. The molecule has 54 valence electrons. The number of carbonyl (C=O) groups excluding carboxylic acids is 1. The summed E-state index contributed by atoms with van der Waals surface area (Å²) in [5.41, 5.74) is 4.75. The van der Waals surface area contributed by atoms with E-state index in [0.29, 0.717) is 0 Å². The van der Waals surface area contributed by atoms with Crippen molar-refractivity contribution in [2.24, 2.45) is 5.73 Å². The quantitative estimate of drug-likeness (QED) is 0.578. The smallest absolute Gasteiger partial charge is 0.333 e. The molecule has 0 aromatic heterocycles. The van der Waals surface area contributed by atoms with Crippen molar-refractivity contribution < 1.29 is 9.63 Å². The molecule has 0 atom stereocenters. The molecule has 0 aliphatic carbocycles. The molecule has 0 unspecified atom stereocenters. The Morgan fingerprint density at radius 1 is 1.60 bits per heavy atom. The highest BCUT2D eigenvalue weighted by molar-refractivity contribution is 7.99. The van der Waals surface area contributed by atoms with Gasteiger partial charge in [-0.05, 0) is 11.5 Å². The highest BCUT2D eigenvalue weighted by Crippen LogP contribution is 2.15. The fourth-order valence-electron chi connectivity index (χ4n) is 0.436. The number of primary amides is 1. The molecule has 1 heterocycles. The van der Waals surface area contributed by atoms with Crippen molar-refractivity contribution in [3.63, 3.8) is 0 Å². The molecule has 0 saturated heterocycles. The van der Waals surface area contributed by atoms with Gasteiger partial charge in [-0.25, -0.2) is 4.79 Å². The zero-order chi connectivity index (χ0) is 7.40. The Bertz CT molecular complexity index is 190. The summed E-state index contributed by atoms with van der Waals surface area (Å²) < 4.78 is 1.27. The number of nitrogens with zero attached hydrogens (tertiary/aromatic N) is 1. The summed E-state index contributed by atoms with van der Waals surface area (Å²) in [6, 6.07) is 0. The molecule has 1 aliphatic rings. The molecule has 4 nitrogen and oxygen atoms in total. The van der Waals surface area contributed by atoms with Crippen LogP contribution in [0.5, 0.6) is 0 Å². The number of hydrogen-bond acceptors (Lipinski definition) is 4. The van der Waals surface area contributed by atoms with Gasteiger partial charge in [0.25, 0.3) is 0 Å². The topological polar surface area (TPSA) is 55.6 Å². The van der Waals surface area contributed by atoms with Crippen LogP contribution in [-0.2, 0) is 4.84 Å². The Morgan fingerprint density at radius 3 is 2.90 bits per heavy atom. The minimum absolute atomic E-state index is 0.813. The number of amides is 1. The van der Waals surface area contributed by atoms with Gasteiger partial charge in [0.15, 0.2) is 0 Å². The van der Waals surface area contributed by atoms with Gasteiger partial charge in [-0.15, -0.1) is 4.47 Å². The van der Waals surface area contributed by atoms with E-state index in [0.717, 1.165) is 0 Å². The molecule has 1 rings (SSSR count). The summed E-state index contributed by atoms with van der Waals surface area (Å²) in [7, 11) is 0. The first kappa shape index (κ1) is 7.01. The van der Waals surface area contributed by atoms with Crippen molar-refractivity contribution in [1.29, 1.82) is 0 Å². The normalized spacial score (nSPS) is 15.4. The highest BCUT2D eigenvalue weighted by atomic mass is 32.2. The molecule has 10 heavy (non-hydrogen) atoms. The van der Waals surface area contributed by atoms with E-state index in [4.69, 9.17) is 5.73 Å². The van der Waals surface area contributed by atoms with Gasteiger partial charge in [-0.3, -0.25) is 0 Å². The first-order valence-electron chi connectivity index (χ1n) is 2.56. The van der Waals surface area contributed by atoms with E-state index in [1.807, 2.05) is 6.08 Å². The van der Waals surface area contributed by atoms with Gasteiger partial charge in [0.2, 0.25) is 0 Å². The molecule has 2 N–H and O–H groups in total. The summed E-state index contributed by atoms with van der Waals surface area (Å²) in [4.78, 5) is 14.6. The minimum Gasteiger partial charge on any atom is -0.333 e. The van der Waals surface area contributed by atoms with Gasteiger partial charge in [-0.1, -0.05) is 6.08 Å². The van der Waals surface area contributed by atoms with Crippen molar-refractivity contribution in [2.45, 2.75) is 0 Å². The summed E-state index contributed by atoms with van der Waals surface area (Å²) in [5.74, 6) is 0. The largest absolute Gasteiger partial charge is 0.429 e. The summed E-state index contributed by atoms with van der Waals surface area (Å²) >= 11 is 1.23. The maximum Gasteiger partial charge on any atom is 0.429 e. The van der Waals surface area contributed by atoms with Crippen LogP contribution in [-0.4, -0.2) is 10.6 Å². The lowest BCUT2D eigenvalue weighted by molar-refractivity contribution is 0.0337. The van der Waals surface area contributed by atoms with Crippen LogP contribution in [0, 0.1) is 0 Å². The van der Waals surface area contributed by atoms with Crippen LogP contribution in [0.2, 0.25) is 0 Å². The predicted octanol–water partition coefficient (Wildman–Crippen LogP) is 0.988. The van der Waals surface area contributed by atoms with Crippen LogP contribution in [0.4, 0.5) is 4.79 Å². The van der Waals surface area contributed by atoms with Crippen molar-refractivity contribution >= 4 is 18.0 Å². The van der Waals surface area contributed by atoms with E-state index in [9.17, 15) is 4.79 Å². The molecular weight excluding hydrogens is 152 g/mol. The molecule has 1 aliphatic heterocycles. The zero-order valence-corrected chi connectivity index (χ0v) is 5.88. The summed E-state index contributed by atoms with van der Waals surface area (Å²) in [6.45, 7) is 0. The first-order valence-corrected chi connectivity index (χ1v) is 3.39. The lowest BCUT2D eigenvalue weighted by atomic mass is 10.6. The van der Waals surface area contributed by atoms with Gasteiger partial charge in [0.05, 0.1) is 6.20 Å². The first-order chi connectivity index (χ1) is 4.79. The van der Waals surface area contributed by atoms with Gasteiger partial charge < -0.3 is 10.6 Å². The summed E-state index contributed by atoms with van der Waals surface area (Å²) in [5, 5.41) is 1.77. The second-order valence-corrected chi connectivity index (χ2v) is 2.31. The number of hydroxylamine groups is 1. The van der Waals surface area contributed by atoms with Gasteiger partial charge in [0.1, 0.15) is 0 Å². The summed E-state index contributed by atoms with van der Waals surface area (Å²) in [6.07, 6.45) is 4.34. The van der Waals surface area contributed by atoms with Gasteiger partial charge >= 0.3 is 6.09 Å². The molecule has 0 aromatic rings. The van der Waals surface area contributed by atoms with Crippen molar-refractivity contribution in [3.05, 3.63) is 23.8 Å². The number of hydrogen-bond donors (Lipinski definition) is 1. The average Bonchev–Trinajstić information content (AvgIpc) is 1.88. The predicted molar refractivity (Wildman–Crippen MR) is 38.4 cm³/mol. The molecular formula is C5H6N2O2S. The van der Waals surface area contributed by atoms with Crippen LogP contribution in [0.15, 0.2) is 23.8 Å². The standard InChI is InChI=1S/C5H6N2O2S/c6-5(8)9-7-3-1-2-4-10-7/h1-4H,(H2,6,8). The molecule has 0 radical (unpaired) electrons. The third kappa shape index (κ3) is 2.02. The third-order valence-electron chi connectivity index (χ3n) is 0.742. The van der Waals surface area contributed by atoms with Crippen LogP contribution >= 0.6 is 11.9 Å². The molecule has 0 bridgehead atoms. The number of nitrogens with two attached hydrogens (primary N) is 1. The van der Waals surface area contributed by atoms with Crippen LogP contribution in [0.25, 0.3) is 0 Å². The van der Waals surface area contributed by atoms with Crippen molar-refractivity contribution in [2.75, 3.05) is 0 Å². The van der Waals surface area contributed by atoms with Gasteiger partial charge in [0, 0.05) is 11.9 Å². The lowest BCUT2D eigenvalue weighted by Gasteiger charge is -2.14. The van der Waals surface area contributed by atoms with E-state index in [1.165, 1.54) is 16.4 Å². The molecule has 0 spiro atoms. The molecule has 0 saturated carbocycles. The molecule has 1 amide bonds. The Hall–Kier alpha value is -1.10. The fourth-order valence-corrected chi connectivity index (χ4v) is 0.974. The Kier molecular flexibility index (Phi) is 2.22. The third-order valence-corrected chi connectivity index (χ3v) is 1.43. The average molecular weight is 158 g/mol. The zero-order valence-electron chi connectivity index (χ0n) is 5.06. The number of carbonyl (C=O) groups is 1. The van der Waals surface area contributed by atoms with Crippen LogP contribution in [0.1, 0.15) is 0 Å². The second-order valence-electron chi connectivity index (χ2n) is 1.47. The van der Waals surface area contributed by atoms with E-state index in [-0.39, 0.29) is 0 Å². The molecule has 0 fully saturated rings. The van der Waals surface area contributed by atoms with Gasteiger partial charge in [-0.2, -0.15) is 0 Å². The van der Waals surface area contributed by atoms with Crippen LogP contribution in [0.3, 0.4) is 0 Å². The molecule has 0 aromatic carbocycles. The fraction of sp³-hybridized carbons (Fsp3) is 0. The maximum atomic E-state index is 10.2. The Balaban J connectivity index is 2.37. The molecule has 5 heteroatoms. The SMILES string of the molecule is NC(=O)ON1C=CC=CS1. The van der Waals surface area contributed by atoms with Crippen LogP contribution < -0.4 is 5.73 Å². The van der Waals surface area contributed by atoms with Crippen molar-refractivity contribution in [3.8, 4) is 0 Å². The lowest BCUT2D eigenvalue weighted by Crippen LogP contribution is -2.21. The van der Waals surface area contributed by atoms with E-state index in [2.05, 4.69) is 4.84 Å². The highest BCUT2D eigenvalue weighted by Gasteiger charge is 2.03. The second kappa shape index (κ2) is 3.17. The van der Waals surface area contributed by atoms with E-state index >= 15 is 0 Å². The Morgan fingerprint density at radius 2 is 2.40 bits per heavy atom.